The lowest BCUT2D eigenvalue weighted by molar-refractivity contribution is 0.129. The van der Waals surface area contributed by atoms with Gasteiger partial charge in [0.25, 0.3) is 0 Å². The van der Waals surface area contributed by atoms with Crippen LogP contribution in [0.3, 0.4) is 0 Å². The fraction of sp³-hybridized carbons (Fsp3) is 0.474. The standard InChI is InChI=1S/C19H26N2/c1-19(2,3)18-14-21(12-11-20-18)13-16-9-6-8-15-7-4-5-10-17(15)16/h4-10,18,20H,11-14H2,1-3H3. The normalized spacial score (nSPS) is 20.8. The molecule has 112 valence electrons. The van der Waals surface area contributed by atoms with E-state index in [4.69, 9.17) is 0 Å². The molecule has 1 atom stereocenters. The van der Waals surface area contributed by atoms with Gasteiger partial charge in [0, 0.05) is 32.2 Å². The second kappa shape index (κ2) is 5.78. The minimum atomic E-state index is 0.317. The third-order valence-corrected chi connectivity index (χ3v) is 4.58. The van der Waals surface area contributed by atoms with Gasteiger partial charge in [-0.25, -0.2) is 0 Å². The van der Waals surface area contributed by atoms with Gasteiger partial charge < -0.3 is 5.32 Å². The van der Waals surface area contributed by atoms with E-state index in [2.05, 4.69) is 73.5 Å². The Bertz CT molecular complexity index is 607. The smallest absolute Gasteiger partial charge is 0.0244 e. The van der Waals surface area contributed by atoms with Crippen molar-refractivity contribution >= 4 is 10.8 Å². The topological polar surface area (TPSA) is 15.3 Å². The van der Waals surface area contributed by atoms with Gasteiger partial charge in [0.2, 0.25) is 0 Å². The third kappa shape index (κ3) is 3.28. The second-order valence-corrected chi connectivity index (χ2v) is 7.25. The number of nitrogens with one attached hydrogen (secondary N) is 1. The van der Waals surface area contributed by atoms with E-state index in [1.165, 1.54) is 16.3 Å². The van der Waals surface area contributed by atoms with Gasteiger partial charge in [-0.15, -0.1) is 0 Å². The largest absolute Gasteiger partial charge is 0.311 e. The Morgan fingerprint density at radius 2 is 1.86 bits per heavy atom. The number of nitrogens with zero attached hydrogens (tertiary/aromatic N) is 1. The molecular formula is C19H26N2. The molecule has 0 aliphatic carbocycles. The SMILES string of the molecule is CC(C)(C)C1CN(Cc2cccc3ccccc23)CCN1. The maximum absolute atomic E-state index is 3.67. The molecule has 2 heteroatoms. The molecule has 0 spiro atoms. The zero-order valence-electron chi connectivity index (χ0n) is 13.4. The molecule has 0 saturated carbocycles. The van der Waals surface area contributed by atoms with Gasteiger partial charge >= 0.3 is 0 Å². The lowest BCUT2D eigenvalue weighted by Gasteiger charge is -2.40. The van der Waals surface area contributed by atoms with Crippen LogP contribution in [-0.4, -0.2) is 30.6 Å². The Balaban J connectivity index is 1.79. The van der Waals surface area contributed by atoms with Crippen molar-refractivity contribution in [2.24, 2.45) is 5.41 Å². The molecule has 1 unspecified atom stereocenters. The minimum absolute atomic E-state index is 0.317. The quantitative estimate of drug-likeness (QED) is 0.904. The summed E-state index contributed by atoms with van der Waals surface area (Å²) in [7, 11) is 0. The predicted molar refractivity (Wildman–Crippen MR) is 90.5 cm³/mol. The summed E-state index contributed by atoms with van der Waals surface area (Å²) in [6.45, 7) is 11.4. The molecule has 0 radical (unpaired) electrons. The van der Waals surface area contributed by atoms with Crippen molar-refractivity contribution in [2.45, 2.75) is 33.4 Å². The molecule has 1 aliphatic heterocycles. The van der Waals surface area contributed by atoms with Crippen molar-refractivity contribution in [3.8, 4) is 0 Å². The zero-order chi connectivity index (χ0) is 14.9. The van der Waals surface area contributed by atoms with Crippen LogP contribution in [0, 0.1) is 5.41 Å². The molecule has 2 nitrogen and oxygen atoms in total. The molecule has 1 fully saturated rings. The van der Waals surface area contributed by atoms with E-state index >= 15 is 0 Å². The molecule has 0 aromatic heterocycles. The van der Waals surface area contributed by atoms with Gasteiger partial charge in [-0.3, -0.25) is 4.90 Å². The van der Waals surface area contributed by atoms with Gasteiger partial charge in [0.15, 0.2) is 0 Å². The summed E-state index contributed by atoms with van der Waals surface area (Å²) in [5, 5.41) is 6.41. The summed E-state index contributed by atoms with van der Waals surface area (Å²) in [5.74, 6) is 0. The summed E-state index contributed by atoms with van der Waals surface area (Å²) in [6.07, 6.45) is 0. The number of fused-ring (bicyclic) bond motifs is 1. The molecule has 2 aromatic rings. The van der Waals surface area contributed by atoms with Crippen molar-refractivity contribution < 1.29 is 0 Å². The first-order valence-electron chi connectivity index (χ1n) is 7.96. The molecule has 0 bridgehead atoms. The second-order valence-electron chi connectivity index (χ2n) is 7.25. The van der Waals surface area contributed by atoms with Crippen LogP contribution in [0.2, 0.25) is 0 Å². The Labute approximate surface area is 128 Å². The summed E-state index contributed by atoms with van der Waals surface area (Å²) in [5.41, 5.74) is 1.76. The van der Waals surface area contributed by atoms with Crippen LogP contribution >= 0.6 is 0 Å². The molecule has 3 rings (SSSR count). The zero-order valence-corrected chi connectivity index (χ0v) is 13.4. The van der Waals surface area contributed by atoms with Crippen LogP contribution < -0.4 is 5.32 Å². The highest BCUT2D eigenvalue weighted by Crippen LogP contribution is 2.24. The molecule has 1 N–H and O–H groups in total. The Kier molecular flexibility index (Phi) is 4.01. The fourth-order valence-corrected chi connectivity index (χ4v) is 3.21. The lowest BCUT2D eigenvalue weighted by atomic mass is 9.85. The van der Waals surface area contributed by atoms with Crippen molar-refractivity contribution in [3.05, 3.63) is 48.0 Å². The van der Waals surface area contributed by atoms with Crippen molar-refractivity contribution in [1.29, 1.82) is 0 Å². The summed E-state index contributed by atoms with van der Waals surface area (Å²) in [4.78, 5) is 2.59. The summed E-state index contributed by atoms with van der Waals surface area (Å²) >= 11 is 0. The Hall–Kier alpha value is -1.38. The average Bonchev–Trinajstić information content (AvgIpc) is 2.47. The first-order valence-corrected chi connectivity index (χ1v) is 7.96. The minimum Gasteiger partial charge on any atom is -0.311 e. The average molecular weight is 282 g/mol. The highest BCUT2D eigenvalue weighted by atomic mass is 15.2. The molecule has 1 heterocycles. The van der Waals surface area contributed by atoms with Gasteiger partial charge in [-0.2, -0.15) is 0 Å². The van der Waals surface area contributed by atoms with Crippen LogP contribution in [0.4, 0.5) is 0 Å². The molecule has 1 saturated heterocycles. The maximum atomic E-state index is 3.67. The van der Waals surface area contributed by atoms with Gasteiger partial charge in [-0.05, 0) is 21.8 Å². The molecule has 0 amide bonds. The third-order valence-electron chi connectivity index (χ3n) is 4.58. The highest BCUT2D eigenvalue weighted by molar-refractivity contribution is 5.85. The molecule has 1 aliphatic rings. The van der Waals surface area contributed by atoms with Crippen molar-refractivity contribution in [3.63, 3.8) is 0 Å². The number of hydrogen-bond acceptors (Lipinski definition) is 2. The monoisotopic (exact) mass is 282 g/mol. The van der Waals surface area contributed by atoms with Crippen LogP contribution in [0.25, 0.3) is 10.8 Å². The van der Waals surface area contributed by atoms with E-state index < -0.39 is 0 Å². The van der Waals surface area contributed by atoms with E-state index in [-0.39, 0.29) is 0 Å². The number of hydrogen-bond donors (Lipinski definition) is 1. The Morgan fingerprint density at radius 1 is 1.10 bits per heavy atom. The van der Waals surface area contributed by atoms with Crippen LogP contribution in [0.1, 0.15) is 26.3 Å². The fourth-order valence-electron chi connectivity index (χ4n) is 3.21. The van der Waals surface area contributed by atoms with Gasteiger partial charge in [-0.1, -0.05) is 63.2 Å². The van der Waals surface area contributed by atoms with Crippen LogP contribution in [0.15, 0.2) is 42.5 Å². The summed E-state index contributed by atoms with van der Waals surface area (Å²) in [6, 6.07) is 15.9. The molecular weight excluding hydrogens is 256 g/mol. The van der Waals surface area contributed by atoms with Crippen LogP contribution in [-0.2, 0) is 6.54 Å². The van der Waals surface area contributed by atoms with E-state index in [0.29, 0.717) is 11.5 Å². The predicted octanol–water partition coefficient (Wildman–Crippen LogP) is 3.66. The van der Waals surface area contributed by atoms with Crippen LogP contribution in [0.5, 0.6) is 0 Å². The van der Waals surface area contributed by atoms with Gasteiger partial charge in [0.05, 0.1) is 0 Å². The molecule has 21 heavy (non-hydrogen) atoms. The van der Waals surface area contributed by atoms with Crippen molar-refractivity contribution in [2.75, 3.05) is 19.6 Å². The number of benzene rings is 2. The first-order chi connectivity index (χ1) is 10.0. The maximum Gasteiger partial charge on any atom is 0.0244 e. The number of piperazine rings is 1. The van der Waals surface area contributed by atoms with E-state index in [1.807, 2.05) is 0 Å². The lowest BCUT2D eigenvalue weighted by Crippen LogP contribution is -2.55. The number of rotatable bonds is 2. The first kappa shape index (κ1) is 14.6. The van der Waals surface area contributed by atoms with Gasteiger partial charge in [0.1, 0.15) is 0 Å². The van der Waals surface area contributed by atoms with E-state index in [1.54, 1.807) is 0 Å². The van der Waals surface area contributed by atoms with Crippen molar-refractivity contribution in [1.82, 2.24) is 10.2 Å². The highest BCUT2D eigenvalue weighted by Gasteiger charge is 2.29. The van der Waals surface area contributed by atoms with E-state index in [0.717, 1.165) is 26.2 Å². The summed E-state index contributed by atoms with van der Waals surface area (Å²) < 4.78 is 0. The van der Waals surface area contributed by atoms with E-state index in [9.17, 15) is 0 Å². The molecule has 2 aromatic carbocycles. The Morgan fingerprint density at radius 3 is 2.67 bits per heavy atom.